The highest BCUT2D eigenvalue weighted by molar-refractivity contribution is 7.22. The van der Waals surface area contributed by atoms with Crippen LogP contribution in [0.4, 0.5) is 4.39 Å². The van der Waals surface area contributed by atoms with Crippen LogP contribution in [0.15, 0.2) is 54.9 Å². The summed E-state index contributed by atoms with van der Waals surface area (Å²) in [7, 11) is 0. The molecule has 4 heterocycles. The zero-order chi connectivity index (χ0) is 24.6. The molecule has 0 unspecified atom stereocenters. The first-order valence-corrected chi connectivity index (χ1v) is 13.1. The van der Waals surface area contributed by atoms with Crippen molar-refractivity contribution >= 4 is 27.3 Å². The number of nitrogens with zero attached hydrogens (tertiary/aromatic N) is 3. The van der Waals surface area contributed by atoms with Crippen molar-refractivity contribution < 1.29 is 13.9 Å². The van der Waals surface area contributed by atoms with Gasteiger partial charge in [0.15, 0.2) is 11.6 Å². The topological polar surface area (TPSA) is 81.3 Å². The average molecular weight is 503 g/mol. The molecule has 184 valence electrons. The van der Waals surface area contributed by atoms with Gasteiger partial charge in [-0.3, -0.25) is 19.7 Å². The van der Waals surface area contributed by atoms with Crippen LogP contribution in [0, 0.1) is 11.7 Å². The molecule has 0 bridgehead atoms. The lowest BCUT2D eigenvalue weighted by atomic mass is 10.0. The molecular formula is C28H27FN4O2S. The van der Waals surface area contributed by atoms with Gasteiger partial charge in [0.2, 0.25) is 0 Å². The van der Waals surface area contributed by atoms with Crippen LogP contribution < -0.4 is 10.5 Å². The molecule has 6 nitrogen and oxygen atoms in total. The predicted octanol–water partition coefficient (Wildman–Crippen LogP) is 5.34. The third kappa shape index (κ3) is 5.16. The molecule has 36 heavy (non-hydrogen) atoms. The second-order valence-corrected chi connectivity index (χ2v) is 10.9. The Morgan fingerprint density at radius 1 is 1.08 bits per heavy atom. The minimum atomic E-state index is -0.478. The molecule has 1 aromatic carbocycles. The number of carbonyl (C=O) groups is 1. The van der Waals surface area contributed by atoms with Crippen molar-refractivity contribution in [1.29, 1.82) is 0 Å². The molecule has 4 aromatic rings. The van der Waals surface area contributed by atoms with Gasteiger partial charge in [-0.2, -0.15) is 0 Å². The molecule has 2 aliphatic rings. The second kappa shape index (κ2) is 9.69. The summed E-state index contributed by atoms with van der Waals surface area (Å²) in [5, 5.41) is 0. The van der Waals surface area contributed by atoms with E-state index in [9.17, 15) is 9.18 Å². The van der Waals surface area contributed by atoms with Gasteiger partial charge in [0, 0.05) is 57.0 Å². The van der Waals surface area contributed by atoms with Gasteiger partial charge in [-0.15, -0.1) is 11.3 Å². The van der Waals surface area contributed by atoms with Gasteiger partial charge in [0.1, 0.15) is 11.5 Å². The first-order valence-electron chi connectivity index (χ1n) is 12.3. The number of hydrogen-bond donors (Lipinski definition) is 1. The number of hydrogen-bond acceptors (Lipinski definition) is 7. The van der Waals surface area contributed by atoms with Crippen LogP contribution in [0.5, 0.6) is 11.5 Å². The maximum absolute atomic E-state index is 14.8. The van der Waals surface area contributed by atoms with Gasteiger partial charge in [-0.25, -0.2) is 4.39 Å². The number of pyridine rings is 2. The van der Waals surface area contributed by atoms with Crippen LogP contribution >= 0.6 is 11.3 Å². The molecule has 0 atom stereocenters. The normalized spacial score (nSPS) is 16.3. The van der Waals surface area contributed by atoms with E-state index in [4.69, 9.17) is 10.5 Å². The number of thiophene rings is 1. The first-order chi connectivity index (χ1) is 17.5. The summed E-state index contributed by atoms with van der Waals surface area (Å²) in [6, 6.07) is 12.9. The third-order valence-electron chi connectivity index (χ3n) is 6.68. The Morgan fingerprint density at radius 3 is 2.64 bits per heavy atom. The van der Waals surface area contributed by atoms with Crippen LogP contribution in [0.1, 0.15) is 30.4 Å². The summed E-state index contributed by atoms with van der Waals surface area (Å²) in [6.07, 6.45) is 6.69. The van der Waals surface area contributed by atoms with Gasteiger partial charge in [-0.1, -0.05) is 12.1 Å². The first kappa shape index (κ1) is 23.2. The van der Waals surface area contributed by atoms with Crippen molar-refractivity contribution in [3.8, 4) is 22.1 Å². The zero-order valence-electron chi connectivity index (χ0n) is 19.8. The molecule has 6 rings (SSSR count). The summed E-state index contributed by atoms with van der Waals surface area (Å²) in [5.74, 6) is 0.892. The molecule has 1 saturated carbocycles. The molecule has 0 spiro atoms. The van der Waals surface area contributed by atoms with E-state index >= 15 is 0 Å². The van der Waals surface area contributed by atoms with E-state index < -0.39 is 5.82 Å². The number of fused-ring (bicyclic) bond motifs is 1. The minimum Gasteiger partial charge on any atom is -0.453 e. The Hall–Kier alpha value is -3.20. The van der Waals surface area contributed by atoms with E-state index in [2.05, 4.69) is 20.9 Å². The van der Waals surface area contributed by atoms with Gasteiger partial charge < -0.3 is 10.5 Å². The predicted molar refractivity (Wildman–Crippen MR) is 139 cm³/mol. The number of ether oxygens (including phenoxy) is 1. The van der Waals surface area contributed by atoms with Gasteiger partial charge in [0.25, 0.3) is 0 Å². The number of nitrogens with two attached hydrogens (primary N) is 1. The lowest BCUT2D eigenvalue weighted by Gasteiger charge is -2.36. The van der Waals surface area contributed by atoms with Crippen molar-refractivity contribution in [3.63, 3.8) is 0 Å². The molecule has 1 aliphatic carbocycles. The highest BCUT2D eigenvalue weighted by Crippen LogP contribution is 2.39. The van der Waals surface area contributed by atoms with Crippen LogP contribution in [-0.2, 0) is 17.8 Å². The maximum Gasteiger partial charge on any atom is 0.166 e. The number of carbonyl (C=O) groups excluding carboxylic acids is 1. The van der Waals surface area contributed by atoms with Crippen LogP contribution in [0.3, 0.4) is 0 Å². The van der Waals surface area contributed by atoms with Crippen LogP contribution in [0.2, 0.25) is 0 Å². The Labute approximate surface area is 212 Å². The summed E-state index contributed by atoms with van der Waals surface area (Å²) >= 11 is 1.52. The van der Waals surface area contributed by atoms with E-state index in [-0.39, 0.29) is 24.0 Å². The van der Waals surface area contributed by atoms with Crippen molar-refractivity contribution in [2.24, 2.45) is 11.7 Å². The smallest absolute Gasteiger partial charge is 0.166 e. The molecule has 3 aromatic heterocycles. The van der Waals surface area contributed by atoms with Gasteiger partial charge in [-0.05, 0) is 54.2 Å². The Balaban J connectivity index is 1.17. The third-order valence-corrected chi connectivity index (χ3v) is 7.84. The highest BCUT2D eigenvalue weighted by atomic mass is 32.1. The average Bonchev–Trinajstić information content (AvgIpc) is 3.54. The molecule has 2 N–H and O–H groups in total. The molecule has 0 radical (unpaired) electrons. The lowest BCUT2D eigenvalue weighted by molar-refractivity contribution is -0.118. The fourth-order valence-corrected chi connectivity index (χ4v) is 5.62. The number of aromatic nitrogens is 2. The number of Topliss-reactive ketones (excluding diaryl/α,β-unsaturated/α-hetero) is 1. The van der Waals surface area contributed by atoms with E-state index in [0.29, 0.717) is 23.7 Å². The van der Waals surface area contributed by atoms with E-state index in [1.165, 1.54) is 17.4 Å². The fraction of sp³-hybridized carbons (Fsp3) is 0.321. The SMILES string of the molecule is NC1CN(Cc2ccc(-c3cc4nccc(Oc5ccc(CC(=O)CC6CC6)cc5F)c4s3)nc2)C1. The molecular weight excluding hydrogens is 475 g/mol. The van der Waals surface area contributed by atoms with Gasteiger partial charge in [0.05, 0.1) is 20.8 Å². The van der Waals surface area contributed by atoms with Crippen LogP contribution in [-0.4, -0.2) is 39.8 Å². The summed E-state index contributed by atoms with van der Waals surface area (Å²) in [6.45, 7) is 2.70. The molecule has 2 fully saturated rings. The van der Waals surface area contributed by atoms with Gasteiger partial charge >= 0.3 is 0 Å². The summed E-state index contributed by atoms with van der Waals surface area (Å²) in [5.41, 5.74) is 9.33. The molecule has 8 heteroatoms. The number of likely N-dealkylation sites (tertiary alicyclic amines) is 1. The van der Waals surface area contributed by atoms with Crippen molar-refractivity contribution in [2.45, 2.75) is 38.3 Å². The Kier molecular flexibility index (Phi) is 6.25. The Morgan fingerprint density at radius 2 is 1.92 bits per heavy atom. The Bertz CT molecular complexity index is 1410. The number of rotatable bonds is 9. The molecule has 0 amide bonds. The summed E-state index contributed by atoms with van der Waals surface area (Å²) < 4.78 is 21.6. The largest absolute Gasteiger partial charge is 0.453 e. The minimum absolute atomic E-state index is 0.129. The number of benzene rings is 1. The lowest BCUT2D eigenvalue weighted by Crippen LogP contribution is -2.54. The highest BCUT2D eigenvalue weighted by Gasteiger charge is 2.25. The van der Waals surface area contributed by atoms with Crippen molar-refractivity contribution in [1.82, 2.24) is 14.9 Å². The number of ketones is 1. The quantitative estimate of drug-likeness (QED) is 0.333. The van der Waals surface area contributed by atoms with E-state index in [1.807, 2.05) is 18.3 Å². The van der Waals surface area contributed by atoms with E-state index in [1.54, 1.807) is 24.4 Å². The van der Waals surface area contributed by atoms with Crippen molar-refractivity contribution in [2.75, 3.05) is 13.1 Å². The van der Waals surface area contributed by atoms with E-state index in [0.717, 1.165) is 58.8 Å². The number of halogens is 1. The fourth-order valence-electron chi connectivity index (χ4n) is 4.58. The molecule has 1 saturated heterocycles. The molecule has 1 aliphatic heterocycles. The standard InChI is InChI=1S/C28H27FN4O2S/c29-22-11-18(10-21(34)9-17-1-2-17)4-6-25(22)35-26-7-8-31-24-12-27(36-28(24)26)23-5-3-19(13-32-23)14-33-15-20(30)16-33/h3-8,11-13,17,20H,1-2,9-10,14-16,30H2. The van der Waals surface area contributed by atoms with Crippen molar-refractivity contribution in [3.05, 3.63) is 71.8 Å². The van der Waals surface area contributed by atoms with Crippen LogP contribution in [0.25, 0.3) is 20.8 Å². The summed E-state index contributed by atoms with van der Waals surface area (Å²) in [4.78, 5) is 24.5. The maximum atomic E-state index is 14.8. The second-order valence-electron chi connectivity index (χ2n) is 9.87. The zero-order valence-corrected chi connectivity index (χ0v) is 20.6. The monoisotopic (exact) mass is 502 g/mol.